The lowest BCUT2D eigenvalue weighted by atomic mass is 9.93. The first-order valence-electron chi connectivity index (χ1n) is 7.79. The molecule has 2 aliphatic rings. The Balaban J connectivity index is 1.90. The van der Waals surface area contributed by atoms with Gasteiger partial charge in [0.05, 0.1) is 0 Å². The molecule has 0 amide bonds. The largest absolute Gasteiger partial charge is 0.314 e. The van der Waals surface area contributed by atoms with E-state index in [4.69, 9.17) is 0 Å². The zero-order valence-corrected chi connectivity index (χ0v) is 13.2. The van der Waals surface area contributed by atoms with Crippen LogP contribution in [-0.4, -0.2) is 36.6 Å². The zero-order valence-electron chi connectivity index (χ0n) is 13.2. The van der Waals surface area contributed by atoms with Crippen molar-refractivity contribution < 1.29 is 0 Å². The van der Waals surface area contributed by atoms with Crippen molar-refractivity contribution in [3.8, 4) is 0 Å². The summed E-state index contributed by atoms with van der Waals surface area (Å²) >= 11 is 0. The molecule has 0 bridgehead atoms. The third-order valence-electron chi connectivity index (χ3n) is 5.90. The van der Waals surface area contributed by atoms with Crippen LogP contribution in [0.5, 0.6) is 0 Å². The molecule has 2 heteroatoms. The molecule has 0 aromatic carbocycles. The molecule has 0 spiro atoms. The summed E-state index contributed by atoms with van der Waals surface area (Å²) < 4.78 is 0. The molecule has 1 aliphatic carbocycles. The maximum Gasteiger partial charge on any atom is 0.0209 e. The molecule has 1 saturated heterocycles. The number of nitrogens with one attached hydrogen (secondary N) is 1. The van der Waals surface area contributed by atoms with E-state index in [9.17, 15) is 0 Å². The van der Waals surface area contributed by atoms with Gasteiger partial charge in [0.1, 0.15) is 0 Å². The molecule has 1 saturated carbocycles. The Kier molecular flexibility index (Phi) is 3.81. The molecule has 1 heterocycles. The average molecular weight is 252 g/mol. The minimum Gasteiger partial charge on any atom is -0.314 e. The van der Waals surface area contributed by atoms with Gasteiger partial charge in [0.25, 0.3) is 0 Å². The van der Waals surface area contributed by atoms with E-state index in [1.165, 1.54) is 32.5 Å². The predicted molar refractivity (Wildman–Crippen MR) is 78.8 cm³/mol. The number of nitrogens with zero attached hydrogens (tertiary/aromatic N) is 1. The fraction of sp³-hybridized carbons (Fsp3) is 1.00. The van der Waals surface area contributed by atoms with Gasteiger partial charge in [-0.25, -0.2) is 0 Å². The molecular weight excluding hydrogens is 220 g/mol. The van der Waals surface area contributed by atoms with Gasteiger partial charge in [0.15, 0.2) is 0 Å². The second kappa shape index (κ2) is 4.79. The van der Waals surface area contributed by atoms with Crippen LogP contribution < -0.4 is 5.32 Å². The molecule has 106 valence electrons. The van der Waals surface area contributed by atoms with E-state index in [0.29, 0.717) is 10.8 Å². The summed E-state index contributed by atoms with van der Waals surface area (Å²) in [5, 5.41) is 3.72. The number of rotatable bonds is 4. The van der Waals surface area contributed by atoms with Gasteiger partial charge >= 0.3 is 0 Å². The van der Waals surface area contributed by atoms with Crippen molar-refractivity contribution in [2.45, 2.75) is 66.5 Å². The van der Waals surface area contributed by atoms with Crippen molar-refractivity contribution in [3.05, 3.63) is 0 Å². The smallest absolute Gasteiger partial charge is 0.0209 e. The zero-order chi connectivity index (χ0) is 13.6. The van der Waals surface area contributed by atoms with Crippen LogP contribution in [0.4, 0.5) is 0 Å². The Morgan fingerprint density at radius 3 is 2.22 bits per heavy atom. The van der Waals surface area contributed by atoms with Crippen molar-refractivity contribution >= 4 is 0 Å². The third-order valence-corrected chi connectivity index (χ3v) is 5.90. The number of likely N-dealkylation sites (tertiary alicyclic amines) is 1. The van der Waals surface area contributed by atoms with E-state index < -0.39 is 0 Å². The Morgan fingerprint density at radius 2 is 1.78 bits per heavy atom. The Hall–Kier alpha value is -0.0800. The molecule has 1 aliphatic heterocycles. The van der Waals surface area contributed by atoms with Crippen molar-refractivity contribution in [3.63, 3.8) is 0 Å². The Labute approximate surface area is 114 Å². The van der Waals surface area contributed by atoms with Gasteiger partial charge in [-0.15, -0.1) is 0 Å². The van der Waals surface area contributed by atoms with Gasteiger partial charge in [-0.05, 0) is 42.7 Å². The topological polar surface area (TPSA) is 15.3 Å². The quantitative estimate of drug-likeness (QED) is 0.827. The molecule has 1 N–H and O–H groups in total. The monoisotopic (exact) mass is 252 g/mol. The van der Waals surface area contributed by atoms with Crippen LogP contribution in [-0.2, 0) is 0 Å². The SMILES string of the molecule is CCCNC1CCN(C2C(C)(C)C2(C)C)CC1C. The first-order valence-corrected chi connectivity index (χ1v) is 7.79. The van der Waals surface area contributed by atoms with Gasteiger partial charge in [-0.1, -0.05) is 41.5 Å². The van der Waals surface area contributed by atoms with Crippen LogP contribution in [0.25, 0.3) is 0 Å². The van der Waals surface area contributed by atoms with Crippen molar-refractivity contribution in [2.24, 2.45) is 16.7 Å². The summed E-state index contributed by atoms with van der Waals surface area (Å²) in [6, 6.07) is 1.53. The van der Waals surface area contributed by atoms with Crippen LogP contribution in [0.15, 0.2) is 0 Å². The molecule has 0 aromatic rings. The highest BCUT2D eigenvalue weighted by atomic mass is 15.2. The summed E-state index contributed by atoms with van der Waals surface area (Å²) in [6.45, 7) is 18.1. The molecule has 0 radical (unpaired) electrons. The van der Waals surface area contributed by atoms with E-state index in [1.54, 1.807) is 0 Å². The van der Waals surface area contributed by atoms with Crippen molar-refractivity contribution in [2.75, 3.05) is 19.6 Å². The summed E-state index contributed by atoms with van der Waals surface area (Å²) in [5.74, 6) is 0.789. The molecule has 18 heavy (non-hydrogen) atoms. The summed E-state index contributed by atoms with van der Waals surface area (Å²) in [6.07, 6.45) is 2.57. The van der Waals surface area contributed by atoms with E-state index in [0.717, 1.165) is 18.0 Å². The third kappa shape index (κ3) is 2.22. The lowest BCUT2D eigenvalue weighted by molar-refractivity contribution is 0.121. The lowest BCUT2D eigenvalue weighted by Crippen LogP contribution is -2.50. The average Bonchev–Trinajstić information content (AvgIpc) is 2.68. The molecule has 2 fully saturated rings. The van der Waals surface area contributed by atoms with Gasteiger partial charge < -0.3 is 5.32 Å². The number of piperidine rings is 1. The van der Waals surface area contributed by atoms with Crippen LogP contribution in [0.1, 0.15) is 54.4 Å². The number of hydrogen-bond acceptors (Lipinski definition) is 2. The second-order valence-corrected chi connectivity index (χ2v) is 7.67. The van der Waals surface area contributed by atoms with Crippen molar-refractivity contribution in [1.82, 2.24) is 10.2 Å². The van der Waals surface area contributed by atoms with Crippen LogP contribution in [0.3, 0.4) is 0 Å². The standard InChI is InChI=1S/C16H32N2/c1-7-9-17-13-8-10-18(11-12(13)2)14-15(3,4)16(14,5)6/h12-14,17H,7-11H2,1-6H3. The summed E-state index contributed by atoms with van der Waals surface area (Å²) in [4.78, 5) is 2.76. The molecular formula is C16H32N2. The second-order valence-electron chi connectivity index (χ2n) is 7.67. The fourth-order valence-corrected chi connectivity index (χ4v) is 4.12. The van der Waals surface area contributed by atoms with E-state index >= 15 is 0 Å². The molecule has 2 nitrogen and oxygen atoms in total. The maximum absolute atomic E-state index is 3.72. The fourth-order valence-electron chi connectivity index (χ4n) is 4.12. The minimum absolute atomic E-state index is 0.496. The summed E-state index contributed by atoms with van der Waals surface area (Å²) in [5.41, 5.74) is 0.993. The molecule has 2 atom stereocenters. The van der Waals surface area contributed by atoms with Crippen LogP contribution in [0.2, 0.25) is 0 Å². The Morgan fingerprint density at radius 1 is 1.17 bits per heavy atom. The van der Waals surface area contributed by atoms with E-state index in [1.807, 2.05) is 0 Å². The maximum atomic E-state index is 3.72. The molecule has 2 rings (SSSR count). The minimum atomic E-state index is 0.496. The highest BCUT2D eigenvalue weighted by molar-refractivity contribution is 5.19. The van der Waals surface area contributed by atoms with E-state index in [2.05, 4.69) is 51.8 Å². The van der Waals surface area contributed by atoms with Gasteiger partial charge in [0.2, 0.25) is 0 Å². The lowest BCUT2D eigenvalue weighted by Gasteiger charge is -2.38. The number of hydrogen-bond donors (Lipinski definition) is 1. The predicted octanol–water partition coefficient (Wildman–Crippen LogP) is 3.13. The highest BCUT2D eigenvalue weighted by Crippen LogP contribution is 2.65. The highest BCUT2D eigenvalue weighted by Gasteiger charge is 2.67. The van der Waals surface area contributed by atoms with Crippen molar-refractivity contribution in [1.29, 1.82) is 0 Å². The van der Waals surface area contributed by atoms with E-state index in [-0.39, 0.29) is 0 Å². The summed E-state index contributed by atoms with van der Waals surface area (Å²) in [7, 11) is 0. The van der Waals surface area contributed by atoms with Gasteiger partial charge in [-0.2, -0.15) is 0 Å². The Bertz CT molecular complexity index is 281. The van der Waals surface area contributed by atoms with Gasteiger partial charge in [-0.3, -0.25) is 4.90 Å². The van der Waals surface area contributed by atoms with Gasteiger partial charge in [0, 0.05) is 18.6 Å². The normalized spacial score (nSPS) is 35.7. The molecule has 0 aromatic heterocycles. The first kappa shape index (κ1) is 14.3. The molecule has 2 unspecified atom stereocenters. The van der Waals surface area contributed by atoms with Crippen LogP contribution >= 0.6 is 0 Å². The first-order chi connectivity index (χ1) is 8.32. The van der Waals surface area contributed by atoms with Crippen LogP contribution in [0, 0.1) is 16.7 Å².